The van der Waals surface area contributed by atoms with Crippen molar-refractivity contribution in [3.05, 3.63) is 64.4 Å². The number of hydrogen-bond acceptors (Lipinski definition) is 3. The lowest BCUT2D eigenvalue weighted by molar-refractivity contribution is 0.121. The van der Waals surface area contributed by atoms with Crippen LogP contribution in [-0.4, -0.2) is 16.6 Å². The zero-order valence-corrected chi connectivity index (χ0v) is 12.5. The van der Waals surface area contributed by atoms with Gasteiger partial charge in [-0.3, -0.25) is 4.79 Å². The predicted molar refractivity (Wildman–Crippen MR) is 87.7 cm³/mol. The van der Waals surface area contributed by atoms with Crippen molar-refractivity contribution < 1.29 is 4.74 Å². The largest absolute Gasteiger partial charge is 0.377 e. The molecule has 0 saturated carbocycles. The summed E-state index contributed by atoms with van der Waals surface area (Å²) < 4.78 is 5.56. The van der Waals surface area contributed by atoms with Crippen molar-refractivity contribution in [2.75, 3.05) is 6.61 Å². The fourth-order valence-electron chi connectivity index (χ4n) is 2.37. The van der Waals surface area contributed by atoms with Crippen LogP contribution in [0.4, 0.5) is 0 Å². The molecule has 0 bridgehead atoms. The molecule has 0 aliphatic carbocycles. The van der Waals surface area contributed by atoms with Gasteiger partial charge in [0.2, 0.25) is 0 Å². The summed E-state index contributed by atoms with van der Waals surface area (Å²) in [6.45, 7) is 3.40. The molecule has 0 spiro atoms. The molecule has 3 aromatic rings. The zero-order chi connectivity index (χ0) is 15.4. The third kappa shape index (κ3) is 3.07. The first kappa shape index (κ1) is 14.5. The first-order valence-corrected chi connectivity index (χ1v) is 7.44. The van der Waals surface area contributed by atoms with Crippen LogP contribution >= 0.6 is 0 Å². The average Bonchev–Trinajstić information content (AvgIpc) is 2.55. The van der Waals surface area contributed by atoms with Crippen LogP contribution in [0.1, 0.15) is 18.9 Å². The number of ether oxygens (including phenoxy) is 1. The smallest absolute Gasteiger partial charge is 0.259 e. The molecule has 0 aliphatic rings. The van der Waals surface area contributed by atoms with Crippen LogP contribution in [0.2, 0.25) is 0 Å². The number of H-pyrrole nitrogens is 1. The third-order valence-corrected chi connectivity index (χ3v) is 3.43. The van der Waals surface area contributed by atoms with E-state index in [1.54, 1.807) is 6.07 Å². The van der Waals surface area contributed by atoms with Gasteiger partial charge in [-0.15, -0.1) is 0 Å². The quantitative estimate of drug-likeness (QED) is 0.733. The Kier molecular flexibility index (Phi) is 4.30. The van der Waals surface area contributed by atoms with Gasteiger partial charge in [0.1, 0.15) is 5.82 Å². The first-order chi connectivity index (χ1) is 10.8. The summed E-state index contributed by atoms with van der Waals surface area (Å²) in [4.78, 5) is 19.5. The van der Waals surface area contributed by atoms with E-state index in [0.717, 1.165) is 24.2 Å². The zero-order valence-electron chi connectivity index (χ0n) is 12.5. The normalized spacial score (nSPS) is 11.0. The summed E-state index contributed by atoms with van der Waals surface area (Å²) in [6.07, 6.45) is 0.999. The molecule has 0 fully saturated rings. The molecule has 4 nitrogen and oxygen atoms in total. The highest BCUT2D eigenvalue weighted by Crippen LogP contribution is 2.18. The SMILES string of the molecule is CCCOCc1cccc(-c2nc3ccccc3c(=O)[nH]2)c1. The van der Waals surface area contributed by atoms with Gasteiger partial charge in [0.25, 0.3) is 5.56 Å². The molecule has 22 heavy (non-hydrogen) atoms. The fourth-order valence-corrected chi connectivity index (χ4v) is 2.37. The van der Waals surface area contributed by atoms with Crippen molar-refractivity contribution in [2.24, 2.45) is 0 Å². The van der Waals surface area contributed by atoms with Crippen molar-refractivity contribution in [1.29, 1.82) is 0 Å². The number of rotatable bonds is 5. The summed E-state index contributed by atoms with van der Waals surface area (Å²) in [5.74, 6) is 0.584. The Morgan fingerprint density at radius 3 is 2.86 bits per heavy atom. The van der Waals surface area contributed by atoms with Gasteiger partial charge < -0.3 is 9.72 Å². The molecule has 0 unspecified atom stereocenters. The molecule has 0 aliphatic heterocycles. The van der Waals surface area contributed by atoms with E-state index in [4.69, 9.17) is 4.74 Å². The Morgan fingerprint density at radius 1 is 1.14 bits per heavy atom. The van der Waals surface area contributed by atoms with Crippen molar-refractivity contribution in [2.45, 2.75) is 20.0 Å². The van der Waals surface area contributed by atoms with Crippen LogP contribution in [0.5, 0.6) is 0 Å². The van der Waals surface area contributed by atoms with Gasteiger partial charge in [-0.25, -0.2) is 4.98 Å². The molecule has 1 N–H and O–H groups in total. The fraction of sp³-hybridized carbons (Fsp3) is 0.222. The number of nitrogens with one attached hydrogen (secondary N) is 1. The van der Waals surface area contributed by atoms with Gasteiger partial charge in [0, 0.05) is 12.2 Å². The third-order valence-electron chi connectivity index (χ3n) is 3.43. The van der Waals surface area contributed by atoms with Crippen molar-refractivity contribution in [1.82, 2.24) is 9.97 Å². The highest BCUT2D eigenvalue weighted by molar-refractivity contribution is 5.79. The first-order valence-electron chi connectivity index (χ1n) is 7.44. The molecule has 0 atom stereocenters. The van der Waals surface area contributed by atoms with Crippen molar-refractivity contribution >= 4 is 10.9 Å². The predicted octanol–water partition coefficient (Wildman–Crippen LogP) is 3.52. The van der Waals surface area contributed by atoms with Crippen LogP contribution in [0.15, 0.2) is 53.3 Å². The van der Waals surface area contributed by atoms with Gasteiger partial charge in [-0.2, -0.15) is 0 Å². The number of hydrogen-bond donors (Lipinski definition) is 1. The molecule has 1 heterocycles. The van der Waals surface area contributed by atoms with E-state index in [0.29, 0.717) is 23.3 Å². The highest BCUT2D eigenvalue weighted by atomic mass is 16.5. The summed E-state index contributed by atoms with van der Waals surface area (Å²) in [5.41, 5.74) is 2.55. The van der Waals surface area contributed by atoms with Gasteiger partial charge >= 0.3 is 0 Å². The van der Waals surface area contributed by atoms with Crippen molar-refractivity contribution in [3.63, 3.8) is 0 Å². The summed E-state index contributed by atoms with van der Waals surface area (Å²) >= 11 is 0. The average molecular weight is 294 g/mol. The molecule has 1 aromatic heterocycles. The number of para-hydroxylation sites is 1. The summed E-state index contributed by atoms with van der Waals surface area (Å²) in [7, 11) is 0. The Labute approximate surface area is 128 Å². The number of fused-ring (bicyclic) bond motifs is 1. The standard InChI is InChI=1S/C18H18N2O2/c1-2-10-22-12-13-6-5-7-14(11-13)17-19-16-9-4-3-8-15(16)18(21)20-17/h3-9,11H,2,10,12H2,1H3,(H,19,20,21). The number of aromatic amines is 1. The maximum Gasteiger partial charge on any atom is 0.259 e. The van der Waals surface area contributed by atoms with Crippen LogP contribution in [0.25, 0.3) is 22.3 Å². The number of benzene rings is 2. The molecule has 4 heteroatoms. The monoisotopic (exact) mass is 294 g/mol. The van der Waals surface area contributed by atoms with Crippen LogP contribution in [0, 0.1) is 0 Å². The minimum atomic E-state index is -0.117. The lowest BCUT2D eigenvalue weighted by Gasteiger charge is -2.06. The van der Waals surface area contributed by atoms with E-state index in [1.165, 1.54) is 0 Å². The Hall–Kier alpha value is -2.46. The molecule has 3 rings (SSSR count). The van der Waals surface area contributed by atoms with E-state index in [2.05, 4.69) is 16.9 Å². The lowest BCUT2D eigenvalue weighted by Crippen LogP contribution is -2.09. The van der Waals surface area contributed by atoms with E-state index < -0.39 is 0 Å². The summed E-state index contributed by atoms with van der Waals surface area (Å²) in [5, 5.41) is 0.605. The maximum atomic E-state index is 12.1. The van der Waals surface area contributed by atoms with E-state index in [-0.39, 0.29) is 5.56 Å². The molecule has 0 amide bonds. The van der Waals surface area contributed by atoms with Crippen LogP contribution in [-0.2, 0) is 11.3 Å². The van der Waals surface area contributed by atoms with E-state index >= 15 is 0 Å². The Morgan fingerprint density at radius 2 is 2.00 bits per heavy atom. The second kappa shape index (κ2) is 6.54. The minimum absolute atomic E-state index is 0.117. The molecular formula is C18H18N2O2. The van der Waals surface area contributed by atoms with E-state index in [9.17, 15) is 4.79 Å². The molecular weight excluding hydrogens is 276 g/mol. The molecule has 0 radical (unpaired) electrons. The van der Waals surface area contributed by atoms with Gasteiger partial charge in [0.15, 0.2) is 0 Å². The Balaban J connectivity index is 1.97. The number of aromatic nitrogens is 2. The van der Waals surface area contributed by atoms with Gasteiger partial charge in [0.05, 0.1) is 17.5 Å². The topological polar surface area (TPSA) is 55.0 Å². The highest BCUT2D eigenvalue weighted by Gasteiger charge is 2.06. The minimum Gasteiger partial charge on any atom is -0.377 e. The second-order valence-electron chi connectivity index (χ2n) is 5.18. The van der Waals surface area contributed by atoms with Gasteiger partial charge in [-0.1, -0.05) is 37.3 Å². The Bertz CT molecular complexity index is 840. The lowest BCUT2D eigenvalue weighted by atomic mass is 10.1. The second-order valence-corrected chi connectivity index (χ2v) is 5.18. The van der Waals surface area contributed by atoms with Crippen LogP contribution < -0.4 is 5.56 Å². The van der Waals surface area contributed by atoms with E-state index in [1.807, 2.05) is 42.5 Å². The van der Waals surface area contributed by atoms with Crippen molar-refractivity contribution in [3.8, 4) is 11.4 Å². The number of nitrogens with zero attached hydrogens (tertiary/aromatic N) is 1. The molecule has 2 aromatic carbocycles. The molecule has 0 saturated heterocycles. The molecule has 112 valence electrons. The van der Waals surface area contributed by atoms with Crippen LogP contribution in [0.3, 0.4) is 0 Å². The van der Waals surface area contributed by atoms with Gasteiger partial charge in [-0.05, 0) is 30.2 Å². The maximum absolute atomic E-state index is 12.1. The summed E-state index contributed by atoms with van der Waals surface area (Å²) in [6, 6.07) is 15.3.